The van der Waals surface area contributed by atoms with Crippen molar-refractivity contribution in [1.82, 2.24) is 10.9 Å². The number of amides is 2. The van der Waals surface area contributed by atoms with Gasteiger partial charge in [0.25, 0.3) is 11.8 Å². The molecule has 2 aromatic rings. The van der Waals surface area contributed by atoms with Gasteiger partial charge in [0, 0.05) is 0 Å². The summed E-state index contributed by atoms with van der Waals surface area (Å²) in [5.74, 6) is -0.875. The Morgan fingerprint density at radius 3 is 1.85 bits per heavy atom. The molecule has 2 N–H and O–H groups in total. The van der Waals surface area contributed by atoms with Crippen LogP contribution in [-0.2, 0) is 9.59 Å². The van der Waals surface area contributed by atoms with Gasteiger partial charge in [0.15, 0.2) is 36.3 Å². The van der Waals surface area contributed by atoms with Crippen LogP contribution >= 0.6 is 0 Å². The van der Waals surface area contributed by atoms with Crippen LogP contribution in [0.3, 0.4) is 0 Å². The van der Waals surface area contributed by atoms with E-state index in [-0.39, 0.29) is 12.4 Å². The fourth-order valence-corrected chi connectivity index (χ4v) is 1.96. The molecular formula is C19H21FN2O5. The van der Waals surface area contributed by atoms with Gasteiger partial charge in [0.2, 0.25) is 0 Å². The molecule has 0 heterocycles. The number of carbonyl (C=O) groups is 2. The van der Waals surface area contributed by atoms with E-state index in [4.69, 9.17) is 14.2 Å². The molecule has 27 heavy (non-hydrogen) atoms. The maximum Gasteiger partial charge on any atom is 0.276 e. The Morgan fingerprint density at radius 2 is 1.30 bits per heavy atom. The summed E-state index contributed by atoms with van der Waals surface area (Å²) in [4.78, 5) is 23.4. The van der Waals surface area contributed by atoms with E-state index in [0.29, 0.717) is 18.1 Å². The van der Waals surface area contributed by atoms with Crippen LogP contribution in [-0.4, -0.2) is 31.6 Å². The number of hydrogen-bond donors (Lipinski definition) is 2. The zero-order valence-electron chi connectivity index (χ0n) is 14.9. The molecule has 0 bridgehead atoms. The molecule has 0 saturated carbocycles. The van der Waals surface area contributed by atoms with E-state index in [1.807, 2.05) is 6.92 Å². The summed E-state index contributed by atoms with van der Waals surface area (Å²) >= 11 is 0. The van der Waals surface area contributed by atoms with Crippen molar-refractivity contribution in [2.24, 2.45) is 0 Å². The van der Waals surface area contributed by atoms with Crippen molar-refractivity contribution in [3.05, 3.63) is 54.3 Å². The fraction of sp³-hybridized carbons (Fsp3) is 0.263. The summed E-state index contributed by atoms with van der Waals surface area (Å²) in [6.07, 6.45) is 0.843. The minimum Gasteiger partial charge on any atom is -0.490 e. The standard InChI is InChI=1S/C19H21FN2O5/c1-2-11-25-16-9-5-6-10-17(16)27-13-19(24)22-21-18(23)12-26-15-8-4-3-7-14(15)20/h3-10H,2,11-13H2,1H3,(H,21,23)(H,22,24). The topological polar surface area (TPSA) is 85.9 Å². The van der Waals surface area contributed by atoms with Gasteiger partial charge in [0.1, 0.15) is 0 Å². The van der Waals surface area contributed by atoms with Gasteiger partial charge in [-0.25, -0.2) is 4.39 Å². The van der Waals surface area contributed by atoms with Crippen LogP contribution in [0, 0.1) is 5.82 Å². The van der Waals surface area contributed by atoms with Gasteiger partial charge < -0.3 is 14.2 Å². The fourth-order valence-electron chi connectivity index (χ4n) is 1.96. The second-order valence-electron chi connectivity index (χ2n) is 5.40. The van der Waals surface area contributed by atoms with E-state index in [1.165, 1.54) is 18.2 Å². The predicted molar refractivity (Wildman–Crippen MR) is 95.9 cm³/mol. The SMILES string of the molecule is CCCOc1ccccc1OCC(=O)NNC(=O)COc1ccccc1F. The number of hydrogen-bond acceptors (Lipinski definition) is 5. The van der Waals surface area contributed by atoms with Gasteiger partial charge in [0.05, 0.1) is 6.61 Å². The number of carbonyl (C=O) groups excluding carboxylic acids is 2. The molecule has 0 atom stereocenters. The highest BCUT2D eigenvalue weighted by Gasteiger charge is 2.10. The lowest BCUT2D eigenvalue weighted by atomic mass is 10.3. The summed E-state index contributed by atoms with van der Waals surface area (Å²) in [5, 5.41) is 0. The van der Waals surface area contributed by atoms with E-state index in [0.717, 1.165) is 6.42 Å². The minimum atomic E-state index is -0.640. The zero-order chi connectivity index (χ0) is 19.5. The lowest BCUT2D eigenvalue weighted by Crippen LogP contribution is -2.45. The molecule has 2 rings (SSSR count). The first kappa shape index (κ1) is 20.0. The molecule has 0 aliphatic heterocycles. The highest BCUT2D eigenvalue weighted by molar-refractivity contribution is 5.83. The molecule has 0 radical (unpaired) electrons. The number of ether oxygens (including phenoxy) is 3. The Balaban J connectivity index is 1.72. The Hall–Kier alpha value is -3.29. The molecule has 0 saturated heterocycles. The van der Waals surface area contributed by atoms with Gasteiger partial charge in [-0.2, -0.15) is 0 Å². The van der Waals surface area contributed by atoms with Crippen LogP contribution in [0.15, 0.2) is 48.5 Å². The summed E-state index contributed by atoms with van der Waals surface area (Å²) in [6, 6.07) is 12.7. The van der Waals surface area contributed by atoms with E-state index < -0.39 is 24.2 Å². The average Bonchev–Trinajstić information content (AvgIpc) is 2.69. The quantitative estimate of drug-likeness (QED) is 0.656. The first-order chi connectivity index (χ1) is 13.1. The number of halogens is 1. The second-order valence-corrected chi connectivity index (χ2v) is 5.40. The van der Waals surface area contributed by atoms with E-state index in [2.05, 4.69) is 10.9 Å². The van der Waals surface area contributed by atoms with Gasteiger partial charge in [-0.3, -0.25) is 20.4 Å². The first-order valence-corrected chi connectivity index (χ1v) is 8.39. The van der Waals surface area contributed by atoms with Gasteiger partial charge >= 0.3 is 0 Å². The van der Waals surface area contributed by atoms with Crippen molar-refractivity contribution < 1.29 is 28.2 Å². The third kappa shape index (κ3) is 6.85. The van der Waals surface area contributed by atoms with E-state index in [9.17, 15) is 14.0 Å². The molecule has 0 aromatic heterocycles. The van der Waals surface area contributed by atoms with Crippen LogP contribution in [0.2, 0.25) is 0 Å². The Morgan fingerprint density at radius 1 is 0.815 bits per heavy atom. The third-order valence-corrected chi connectivity index (χ3v) is 3.21. The maximum absolute atomic E-state index is 13.4. The summed E-state index contributed by atoms with van der Waals surface area (Å²) < 4.78 is 29.3. The summed E-state index contributed by atoms with van der Waals surface area (Å²) in [5.41, 5.74) is 4.35. The first-order valence-electron chi connectivity index (χ1n) is 8.39. The molecule has 2 aromatic carbocycles. The van der Waals surface area contributed by atoms with Crippen molar-refractivity contribution in [2.75, 3.05) is 19.8 Å². The van der Waals surface area contributed by atoms with Crippen LogP contribution in [0.25, 0.3) is 0 Å². The molecule has 7 nitrogen and oxygen atoms in total. The molecule has 144 valence electrons. The smallest absolute Gasteiger partial charge is 0.276 e. The van der Waals surface area contributed by atoms with Gasteiger partial charge in [-0.1, -0.05) is 31.2 Å². The lowest BCUT2D eigenvalue weighted by molar-refractivity contribution is -0.131. The lowest BCUT2D eigenvalue weighted by Gasteiger charge is -2.12. The molecule has 0 fully saturated rings. The van der Waals surface area contributed by atoms with Gasteiger partial charge in [-0.05, 0) is 30.7 Å². The zero-order valence-corrected chi connectivity index (χ0v) is 14.9. The molecule has 2 amide bonds. The van der Waals surface area contributed by atoms with E-state index >= 15 is 0 Å². The van der Waals surface area contributed by atoms with Crippen LogP contribution in [0.1, 0.15) is 13.3 Å². The number of benzene rings is 2. The molecule has 0 unspecified atom stereocenters. The maximum atomic E-state index is 13.4. The monoisotopic (exact) mass is 376 g/mol. The number of nitrogens with one attached hydrogen (secondary N) is 2. The Bertz CT molecular complexity index is 769. The van der Waals surface area contributed by atoms with Crippen molar-refractivity contribution in [3.8, 4) is 17.2 Å². The highest BCUT2D eigenvalue weighted by Crippen LogP contribution is 2.26. The molecule has 0 aliphatic carbocycles. The normalized spacial score (nSPS) is 10.0. The summed E-state index contributed by atoms with van der Waals surface area (Å²) in [7, 11) is 0. The number of rotatable bonds is 9. The predicted octanol–water partition coefficient (Wildman–Crippen LogP) is 2.22. The van der Waals surface area contributed by atoms with Crippen LogP contribution in [0.5, 0.6) is 17.2 Å². The molecular weight excluding hydrogens is 355 g/mol. The molecule has 0 spiro atoms. The van der Waals surface area contributed by atoms with Crippen molar-refractivity contribution >= 4 is 11.8 Å². The largest absolute Gasteiger partial charge is 0.490 e. The van der Waals surface area contributed by atoms with Crippen molar-refractivity contribution in [3.63, 3.8) is 0 Å². The second kappa shape index (κ2) is 10.6. The highest BCUT2D eigenvalue weighted by atomic mass is 19.1. The van der Waals surface area contributed by atoms with Crippen LogP contribution < -0.4 is 25.1 Å². The van der Waals surface area contributed by atoms with Crippen molar-refractivity contribution in [1.29, 1.82) is 0 Å². The number of hydrazine groups is 1. The van der Waals surface area contributed by atoms with Crippen molar-refractivity contribution in [2.45, 2.75) is 13.3 Å². The average molecular weight is 376 g/mol. The van der Waals surface area contributed by atoms with E-state index in [1.54, 1.807) is 30.3 Å². The Labute approximate surface area is 156 Å². The molecule has 0 aliphatic rings. The third-order valence-electron chi connectivity index (χ3n) is 3.21. The molecule has 8 heteroatoms. The minimum absolute atomic E-state index is 0.0500. The summed E-state index contributed by atoms with van der Waals surface area (Å²) in [6.45, 7) is 1.75. The van der Waals surface area contributed by atoms with Crippen LogP contribution in [0.4, 0.5) is 4.39 Å². The Kier molecular flexibility index (Phi) is 7.90. The number of para-hydroxylation sites is 3. The van der Waals surface area contributed by atoms with Gasteiger partial charge in [-0.15, -0.1) is 0 Å².